The minimum atomic E-state index is -4.60. The van der Waals surface area contributed by atoms with Gasteiger partial charge < -0.3 is 10.1 Å². The maximum atomic E-state index is 11.6. The van der Waals surface area contributed by atoms with Gasteiger partial charge in [0.25, 0.3) is 0 Å². The van der Waals surface area contributed by atoms with Crippen molar-refractivity contribution in [2.24, 2.45) is 4.99 Å². The third-order valence-electron chi connectivity index (χ3n) is 3.60. The molecule has 0 saturated heterocycles. The van der Waals surface area contributed by atoms with Crippen LogP contribution in [0.4, 0.5) is 13.2 Å². The number of carbonyl (C=O) groups excluding carboxylic acids is 1. The molecule has 0 saturated carbocycles. The first kappa shape index (κ1) is 26.9. The SMILES string of the molecule is C=CC(=O)NCC(=NC)c1ccccc1C.CC.Cc1ccc(OC(F)(F)F)cc1. The second-order valence-electron chi connectivity index (χ2n) is 5.77. The average Bonchev–Trinajstić information content (AvgIpc) is 2.72. The summed E-state index contributed by atoms with van der Waals surface area (Å²) >= 11 is 0. The fraction of sp³-hybridized carbons (Fsp3) is 0.304. The Kier molecular flexibility index (Phi) is 12.5. The molecule has 1 amide bonds. The highest BCUT2D eigenvalue weighted by Gasteiger charge is 2.30. The van der Waals surface area contributed by atoms with Gasteiger partial charge in [0, 0.05) is 12.6 Å². The zero-order chi connectivity index (χ0) is 23.2. The summed E-state index contributed by atoms with van der Waals surface area (Å²) in [6.45, 7) is 11.6. The van der Waals surface area contributed by atoms with E-state index < -0.39 is 6.36 Å². The van der Waals surface area contributed by atoms with E-state index in [0.29, 0.717) is 6.54 Å². The molecule has 2 rings (SSSR count). The Morgan fingerprint density at radius 2 is 1.67 bits per heavy atom. The normalized spacial score (nSPS) is 10.6. The van der Waals surface area contributed by atoms with Crippen LogP contribution < -0.4 is 10.1 Å². The van der Waals surface area contributed by atoms with Crippen LogP contribution in [0, 0.1) is 13.8 Å². The number of ether oxygens (including phenoxy) is 1. The molecule has 0 aliphatic heterocycles. The van der Waals surface area contributed by atoms with E-state index in [-0.39, 0.29) is 11.7 Å². The lowest BCUT2D eigenvalue weighted by molar-refractivity contribution is -0.274. The van der Waals surface area contributed by atoms with Crippen molar-refractivity contribution in [3.8, 4) is 5.75 Å². The maximum Gasteiger partial charge on any atom is 0.573 e. The fourth-order valence-corrected chi connectivity index (χ4v) is 2.17. The number of nitrogens with zero attached hydrogens (tertiary/aromatic N) is 1. The van der Waals surface area contributed by atoms with E-state index in [4.69, 9.17) is 0 Å². The van der Waals surface area contributed by atoms with Crippen molar-refractivity contribution in [2.75, 3.05) is 13.6 Å². The molecule has 7 heteroatoms. The smallest absolute Gasteiger partial charge is 0.406 e. The number of nitrogens with one attached hydrogen (secondary N) is 1. The third kappa shape index (κ3) is 11.0. The van der Waals surface area contributed by atoms with Gasteiger partial charge >= 0.3 is 6.36 Å². The number of benzene rings is 2. The zero-order valence-corrected chi connectivity index (χ0v) is 18.0. The number of carbonyl (C=O) groups is 1. The summed E-state index contributed by atoms with van der Waals surface area (Å²) in [5.41, 5.74) is 3.98. The van der Waals surface area contributed by atoms with Gasteiger partial charge in [0.15, 0.2) is 0 Å². The monoisotopic (exact) mass is 422 g/mol. The Morgan fingerprint density at radius 3 is 2.13 bits per heavy atom. The minimum absolute atomic E-state index is 0.185. The van der Waals surface area contributed by atoms with Crippen LogP contribution in [-0.2, 0) is 4.79 Å². The molecule has 0 atom stereocenters. The van der Waals surface area contributed by atoms with Gasteiger partial charge in [-0.15, -0.1) is 13.2 Å². The van der Waals surface area contributed by atoms with Gasteiger partial charge in [-0.3, -0.25) is 9.79 Å². The molecule has 0 radical (unpaired) electrons. The van der Waals surface area contributed by atoms with Crippen LogP contribution in [0.5, 0.6) is 5.75 Å². The second kappa shape index (κ2) is 14.0. The predicted octanol–water partition coefficient (Wildman–Crippen LogP) is 5.64. The Hall–Kier alpha value is -3.09. The Labute approximate surface area is 176 Å². The van der Waals surface area contributed by atoms with Crippen LogP contribution >= 0.6 is 0 Å². The molecule has 1 N–H and O–H groups in total. The summed E-state index contributed by atoms with van der Waals surface area (Å²) in [5.74, 6) is -0.372. The number of rotatable bonds is 5. The Balaban J connectivity index is 0.000000535. The first-order valence-corrected chi connectivity index (χ1v) is 9.40. The minimum Gasteiger partial charge on any atom is -0.406 e. The van der Waals surface area contributed by atoms with E-state index in [2.05, 4.69) is 21.6 Å². The zero-order valence-electron chi connectivity index (χ0n) is 18.0. The van der Waals surface area contributed by atoms with E-state index in [1.54, 1.807) is 26.1 Å². The van der Waals surface area contributed by atoms with Crippen molar-refractivity contribution in [3.05, 3.63) is 77.9 Å². The van der Waals surface area contributed by atoms with Crippen molar-refractivity contribution >= 4 is 11.6 Å². The van der Waals surface area contributed by atoms with Crippen molar-refractivity contribution in [3.63, 3.8) is 0 Å². The first-order valence-electron chi connectivity index (χ1n) is 9.40. The lowest BCUT2D eigenvalue weighted by Gasteiger charge is -2.09. The van der Waals surface area contributed by atoms with E-state index in [1.165, 1.54) is 18.2 Å². The number of alkyl halides is 3. The Bertz CT molecular complexity index is 814. The van der Waals surface area contributed by atoms with Gasteiger partial charge in [-0.25, -0.2) is 0 Å². The predicted molar refractivity (Wildman–Crippen MR) is 116 cm³/mol. The molecule has 0 fully saturated rings. The number of amides is 1. The van der Waals surface area contributed by atoms with Crippen molar-refractivity contribution in [2.45, 2.75) is 34.1 Å². The topological polar surface area (TPSA) is 50.7 Å². The van der Waals surface area contributed by atoms with Crippen LogP contribution in [0.2, 0.25) is 0 Å². The molecule has 2 aromatic carbocycles. The van der Waals surface area contributed by atoms with Crippen LogP contribution in [0.25, 0.3) is 0 Å². The maximum absolute atomic E-state index is 11.6. The van der Waals surface area contributed by atoms with Gasteiger partial charge in [-0.05, 0) is 37.6 Å². The molecule has 2 aromatic rings. The Morgan fingerprint density at radius 1 is 1.10 bits per heavy atom. The van der Waals surface area contributed by atoms with E-state index >= 15 is 0 Å². The molecule has 4 nitrogen and oxygen atoms in total. The fourth-order valence-electron chi connectivity index (χ4n) is 2.17. The van der Waals surface area contributed by atoms with E-state index in [0.717, 1.165) is 22.4 Å². The molecule has 0 heterocycles. The molecule has 164 valence electrons. The first-order chi connectivity index (χ1) is 14.2. The van der Waals surface area contributed by atoms with E-state index in [9.17, 15) is 18.0 Å². The molecular formula is C23H29F3N2O2. The summed E-state index contributed by atoms with van der Waals surface area (Å²) in [4.78, 5) is 15.3. The molecule has 0 bridgehead atoms. The number of halogens is 3. The standard InChI is InChI=1S/C13H16N2O.C8H7F3O.C2H6/c1-4-13(16)15-9-12(14-3)11-8-6-5-7-10(11)2;1-6-2-4-7(5-3-6)12-8(9,10)11;1-2/h4-8H,1,9H2,2-3H3,(H,15,16);2-5H,1H3;1-2H3. The van der Waals surface area contributed by atoms with Crippen LogP contribution in [-0.4, -0.2) is 31.6 Å². The van der Waals surface area contributed by atoms with Gasteiger partial charge in [-0.2, -0.15) is 0 Å². The third-order valence-corrected chi connectivity index (χ3v) is 3.60. The molecular weight excluding hydrogens is 393 g/mol. The summed E-state index contributed by atoms with van der Waals surface area (Å²) in [6, 6.07) is 13.6. The summed E-state index contributed by atoms with van der Waals surface area (Å²) in [7, 11) is 1.72. The highest BCUT2D eigenvalue weighted by atomic mass is 19.4. The molecule has 0 unspecified atom stereocenters. The highest BCUT2D eigenvalue weighted by molar-refractivity contribution is 6.05. The summed E-state index contributed by atoms with van der Waals surface area (Å²) < 4.78 is 38.5. The van der Waals surface area contributed by atoms with Gasteiger partial charge in [-0.1, -0.05) is 62.4 Å². The quantitative estimate of drug-likeness (QED) is 0.501. The van der Waals surface area contributed by atoms with Gasteiger partial charge in [0.05, 0.1) is 12.3 Å². The van der Waals surface area contributed by atoms with Crippen molar-refractivity contribution < 1.29 is 22.7 Å². The van der Waals surface area contributed by atoms with Gasteiger partial charge in [0.1, 0.15) is 5.75 Å². The highest BCUT2D eigenvalue weighted by Crippen LogP contribution is 2.22. The number of aryl methyl sites for hydroxylation is 2. The molecule has 0 spiro atoms. The molecule has 0 aliphatic rings. The number of aliphatic imine (C=N–C) groups is 1. The number of hydrogen-bond donors (Lipinski definition) is 1. The van der Waals surface area contributed by atoms with Crippen molar-refractivity contribution in [1.82, 2.24) is 5.32 Å². The van der Waals surface area contributed by atoms with Crippen LogP contribution in [0.1, 0.15) is 30.5 Å². The van der Waals surface area contributed by atoms with E-state index in [1.807, 2.05) is 45.0 Å². The largest absolute Gasteiger partial charge is 0.573 e. The summed E-state index contributed by atoms with van der Waals surface area (Å²) in [6.07, 6.45) is -3.35. The molecule has 0 aromatic heterocycles. The lowest BCUT2D eigenvalue weighted by atomic mass is 10.0. The van der Waals surface area contributed by atoms with Crippen LogP contribution in [0.3, 0.4) is 0 Å². The average molecular weight is 422 g/mol. The second-order valence-corrected chi connectivity index (χ2v) is 5.77. The number of hydrogen-bond acceptors (Lipinski definition) is 3. The molecule has 0 aliphatic carbocycles. The van der Waals surface area contributed by atoms with Crippen LogP contribution in [0.15, 0.2) is 66.2 Å². The lowest BCUT2D eigenvalue weighted by Crippen LogP contribution is -2.28. The molecule has 30 heavy (non-hydrogen) atoms. The van der Waals surface area contributed by atoms with Crippen molar-refractivity contribution in [1.29, 1.82) is 0 Å². The summed E-state index contributed by atoms with van der Waals surface area (Å²) in [5, 5.41) is 2.72. The van der Waals surface area contributed by atoms with Gasteiger partial charge in [0.2, 0.25) is 5.91 Å².